The van der Waals surface area contributed by atoms with E-state index in [4.69, 9.17) is 4.74 Å². The summed E-state index contributed by atoms with van der Waals surface area (Å²) in [5.74, 6) is 1.03. The van der Waals surface area contributed by atoms with Crippen molar-refractivity contribution in [1.29, 1.82) is 0 Å². The Bertz CT molecular complexity index is 309. The molecule has 0 amide bonds. The fourth-order valence-corrected chi connectivity index (χ4v) is 1.63. The van der Waals surface area contributed by atoms with Crippen LogP contribution in [0.2, 0.25) is 0 Å². The Morgan fingerprint density at radius 1 is 1.46 bits per heavy atom. The van der Waals surface area contributed by atoms with Crippen molar-refractivity contribution in [2.45, 2.75) is 26.5 Å². The predicted octanol–water partition coefficient (Wildman–Crippen LogP) is 1.87. The first kappa shape index (κ1) is 8.57. The monoisotopic (exact) mass is 177 g/mol. The maximum absolute atomic E-state index is 5.75. The number of fused-ring (bicyclic) bond motifs is 1. The van der Waals surface area contributed by atoms with Crippen LogP contribution >= 0.6 is 0 Å². The first-order valence-electron chi connectivity index (χ1n) is 4.72. The van der Waals surface area contributed by atoms with Gasteiger partial charge in [-0.25, -0.2) is 0 Å². The Hall–Kier alpha value is -1.02. The molecule has 1 heterocycles. The van der Waals surface area contributed by atoms with E-state index >= 15 is 0 Å². The molecule has 1 N–H and O–H groups in total. The van der Waals surface area contributed by atoms with Gasteiger partial charge in [-0.15, -0.1) is 0 Å². The zero-order valence-corrected chi connectivity index (χ0v) is 8.13. The second-order valence-electron chi connectivity index (χ2n) is 3.67. The van der Waals surface area contributed by atoms with E-state index in [0.29, 0.717) is 0 Å². The lowest BCUT2D eigenvalue weighted by Gasteiger charge is -2.11. The standard InChI is InChI=1S/C11H15NO/c1-8-3-4-11-10(5-8)7-12-6-9(2)13-11/h3-5,9,12H,6-7H2,1-2H3/t9-/m1/s1. The van der Waals surface area contributed by atoms with Crippen LogP contribution in [0.25, 0.3) is 0 Å². The fraction of sp³-hybridized carbons (Fsp3) is 0.455. The molecular weight excluding hydrogens is 162 g/mol. The maximum Gasteiger partial charge on any atom is 0.124 e. The van der Waals surface area contributed by atoms with Crippen LogP contribution in [0.15, 0.2) is 18.2 Å². The van der Waals surface area contributed by atoms with Crippen molar-refractivity contribution >= 4 is 0 Å². The van der Waals surface area contributed by atoms with Gasteiger partial charge in [0.15, 0.2) is 0 Å². The molecule has 0 saturated heterocycles. The largest absolute Gasteiger partial charge is 0.489 e. The summed E-state index contributed by atoms with van der Waals surface area (Å²) in [6.45, 7) is 6.03. The van der Waals surface area contributed by atoms with E-state index in [1.165, 1.54) is 11.1 Å². The van der Waals surface area contributed by atoms with Gasteiger partial charge in [0.2, 0.25) is 0 Å². The SMILES string of the molecule is Cc1ccc2c(c1)CNC[C@@H](C)O2. The van der Waals surface area contributed by atoms with Gasteiger partial charge in [-0.3, -0.25) is 0 Å². The number of rotatable bonds is 0. The lowest BCUT2D eigenvalue weighted by Crippen LogP contribution is -2.24. The Morgan fingerprint density at radius 3 is 3.15 bits per heavy atom. The third-order valence-electron chi connectivity index (χ3n) is 2.29. The molecule has 0 fully saturated rings. The Kier molecular flexibility index (Phi) is 2.23. The number of benzene rings is 1. The highest BCUT2D eigenvalue weighted by Gasteiger charge is 2.12. The summed E-state index contributed by atoms with van der Waals surface area (Å²) in [7, 11) is 0. The van der Waals surface area contributed by atoms with Crippen LogP contribution in [-0.2, 0) is 6.54 Å². The quantitative estimate of drug-likeness (QED) is 0.653. The van der Waals surface area contributed by atoms with E-state index in [9.17, 15) is 0 Å². The smallest absolute Gasteiger partial charge is 0.124 e. The minimum atomic E-state index is 0.268. The van der Waals surface area contributed by atoms with Crippen molar-refractivity contribution in [2.24, 2.45) is 0 Å². The van der Waals surface area contributed by atoms with Gasteiger partial charge in [0, 0.05) is 18.7 Å². The summed E-state index contributed by atoms with van der Waals surface area (Å²) in [6, 6.07) is 6.34. The lowest BCUT2D eigenvalue weighted by atomic mass is 10.1. The minimum absolute atomic E-state index is 0.268. The van der Waals surface area contributed by atoms with Gasteiger partial charge in [-0.05, 0) is 19.9 Å². The average molecular weight is 177 g/mol. The van der Waals surface area contributed by atoms with Crippen molar-refractivity contribution in [3.8, 4) is 5.75 Å². The van der Waals surface area contributed by atoms with Gasteiger partial charge in [-0.1, -0.05) is 17.7 Å². The van der Waals surface area contributed by atoms with Crippen LogP contribution < -0.4 is 10.1 Å². The van der Waals surface area contributed by atoms with E-state index in [0.717, 1.165) is 18.8 Å². The predicted molar refractivity (Wildman–Crippen MR) is 53.0 cm³/mol. The first-order valence-corrected chi connectivity index (χ1v) is 4.72. The molecule has 0 aromatic heterocycles. The molecule has 2 heteroatoms. The van der Waals surface area contributed by atoms with E-state index < -0.39 is 0 Å². The third-order valence-corrected chi connectivity index (χ3v) is 2.29. The van der Waals surface area contributed by atoms with Crippen molar-refractivity contribution < 1.29 is 4.74 Å². The molecule has 1 aliphatic rings. The molecule has 1 aliphatic heterocycles. The molecular formula is C11H15NO. The number of ether oxygens (including phenoxy) is 1. The zero-order chi connectivity index (χ0) is 9.26. The molecule has 70 valence electrons. The van der Waals surface area contributed by atoms with Gasteiger partial charge < -0.3 is 10.1 Å². The number of hydrogen-bond acceptors (Lipinski definition) is 2. The number of hydrogen-bond donors (Lipinski definition) is 1. The van der Waals surface area contributed by atoms with Gasteiger partial charge in [-0.2, -0.15) is 0 Å². The molecule has 0 bridgehead atoms. The zero-order valence-electron chi connectivity index (χ0n) is 8.13. The van der Waals surface area contributed by atoms with Crippen LogP contribution in [0.3, 0.4) is 0 Å². The normalized spacial score (nSPS) is 21.5. The highest BCUT2D eigenvalue weighted by Crippen LogP contribution is 2.22. The van der Waals surface area contributed by atoms with Crippen LogP contribution in [-0.4, -0.2) is 12.6 Å². The van der Waals surface area contributed by atoms with Gasteiger partial charge in [0.05, 0.1) is 0 Å². The Balaban J connectivity index is 2.34. The maximum atomic E-state index is 5.75. The van der Waals surface area contributed by atoms with Gasteiger partial charge in [0.25, 0.3) is 0 Å². The molecule has 0 unspecified atom stereocenters. The summed E-state index contributed by atoms with van der Waals surface area (Å²) in [6.07, 6.45) is 0.268. The highest BCUT2D eigenvalue weighted by molar-refractivity contribution is 5.37. The third kappa shape index (κ3) is 1.83. The van der Waals surface area contributed by atoms with Gasteiger partial charge in [0.1, 0.15) is 11.9 Å². The van der Waals surface area contributed by atoms with Crippen molar-refractivity contribution in [1.82, 2.24) is 5.32 Å². The van der Waals surface area contributed by atoms with E-state index in [2.05, 4.69) is 37.4 Å². The van der Waals surface area contributed by atoms with Gasteiger partial charge >= 0.3 is 0 Å². The van der Waals surface area contributed by atoms with Crippen LogP contribution in [0.5, 0.6) is 5.75 Å². The minimum Gasteiger partial charge on any atom is -0.489 e. The molecule has 1 aromatic rings. The Labute approximate surface area is 78.9 Å². The summed E-state index contributed by atoms with van der Waals surface area (Å²) in [5.41, 5.74) is 2.56. The van der Waals surface area contributed by atoms with Crippen LogP contribution in [0.4, 0.5) is 0 Å². The molecule has 1 aromatic carbocycles. The first-order chi connectivity index (χ1) is 6.25. The molecule has 0 saturated carbocycles. The summed E-state index contributed by atoms with van der Waals surface area (Å²) >= 11 is 0. The van der Waals surface area contributed by atoms with E-state index in [1.807, 2.05) is 0 Å². The summed E-state index contributed by atoms with van der Waals surface area (Å²) < 4.78 is 5.75. The summed E-state index contributed by atoms with van der Waals surface area (Å²) in [4.78, 5) is 0. The van der Waals surface area contributed by atoms with Crippen molar-refractivity contribution in [2.75, 3.05) is 6.54 Å². The second-order valence-corrected chi connectivity index (χ2v) is 3.67. The van der Waals surface area contributed by atoms with Crippen molar-refractivity contribution in [3.63, 3.8) is 0 Å². The number of aryl methyl sites for hydroxylation is 1. The molecule has 2 nitrogen and oxygen atoms in total. The summed E-state index contributed by atoms with van der Waals surface area (Å²) in [5, 5.41) is 3.36. The molecule has 0 aliphatic carbocycles. The lowest BCUT2D eigenvalue weighted by molar-refractivity contribution is 0.226. The Morgan fingerprint density at radius 2 is 2.31 bits per heavy atom. The topological polar surface area (TPSA) is 21.3 Å². The van der Waals surface area contributed by atoms with E-state index in [1.54, 1.807) is 0 Å². The van der Waals surface area contributed by atoms with Crippen molar-refractivity contribution in [3.05, 3.63) is 29.3 Å². The molecule has 2 rings (SSSR count). The average Bonchev–Trinajstić information content (AvgIpc) is 2.25. The van der Waals surface area contributed by atoms with Crippen LogP contribution in [0.1, 0.15) is 18.1 Å². The molecule has 13 heavy (non-hydrogen) atoms. The molecule has 0 spiro atoms. The molecule has 0 radical (unpaired) electrons. The highest BCUT2D eigenvalue weighted by atomic mass is 16.5. The van der Waals surface area contributed by atoms with E-state index in [-0.39, 0.29) is 6.10 Å². The fourth-order valence-electron chi connectivity index (χ4n) is 1.63. The van der Waals surface area contributed by atoms with Crippen LogP contribution in [0, 0.1) is 6.92 Å². The molecule has 1 atom stereocenters. The second kappa shape index (κ2) is 3.38. The number of nitrogens with one attached hydrogen (secondary N) is 1.